The maximum absolute atomic E-state index is 11.0. The first-order valence-corrected chi connectivity index (χ1v) is 8.19. The molecule has 112 valence electrons. The Kier molecular flexibility index (Phi) is 3.99. The zero-order chi connectivity index (χ0) is 15.0. The number of hydrogen-bond donors (Lipinski definition) is 1. The predicted octanol–water partition coefficient (Wildman–Crippen LogP) is 2.74. The SMILES string of the molecule is Cc1cc2c(N3CCC(CC(N)=O)CC3)nc(Cl)nc2s1. The summed E-state index contributed by atoms with van der Waals surface area (Å²) in [7, 11) is 0. The highest BCUT2D eigenvalue weighted by Gasteiger charge is 2.23. The highest BCUT2D eigenvalue weighted by Crippen LogP contribution is 2.33. The van der Waals surface area contributed by atoms with Crippen molar-refractivity contribution in [3.63, 3.8) is 0 Å². The van der Waals surface area contributed by atoms with Gasteiger partial charge >= 0.3 is 0 Å². The molecule has 5 nitrogen and oxygen atoms in total. The fourth-order valence-corrected chi connectivity index (χ4v) is 3.96. The predicted molar refractivity (Wildman–Crippen MR) is 85.9 cm³/mol. The molecule has 21 heavy (non-hydrogen) atoms. The van der Waals surface area contributed by atoms with E-state index in [1.807, 2.05) is 0 Å². The Hall–Kier alpha value is -1.40. The quantitative estimate of drug-likeness (QED) is 0.881. The largest absolute Gasteiger partial charge is 0.370 e. The van der Waals surface area contributed by atoms with Crippen molar-refractivity contribution in [1.29, 1.82) is 0 Å². The van der Waals surface area contributed by atoms with E-state index in [0.717, 1.165) is 42.0 Å². The van der Waals surface area contributed by atoms with Crippen LogP contribution in [0, 0.1) is 12.8 Å². The van der Waals surface area contributed by atoms with Crippen molar-refractivity contribution in [3.05, 3.63) is 16.2 Å². The minimum Gasteiger partial charge on any atom is -0.370 e. The summed E-state index contributed by atoms with van der Waals surface area (Å²) in [4.78, 5) is 24.1. The van der Waals surface area contributed by atoms with Crippen LogP contribution in [0.2, 0.25) is 5.28 Å². The lowest BCUT2D eigenvalue weighted by atomic mass is 9.93. The van der Waals surface area contributed by atoms with Gasteiger partial charge in [0.1, 0.15) is 10.6 Å². The number of hydrogen-bond acceptors (Lipinski definition) is 5. The normalized spacial score (nSPS) is 16.6. The third-order valence-corrected chi connectivity index (χ3v) is 4.99. The average molecular weight is 325 g/mol. The van der Waals surface area contributed by atoms with E-state index in [-0.39, 0.29) is 5.91 Å². The van der Waals surface area contributed by atoms with Gasteiger partial charge in [-0.15, -0.1) is 11.3 Å². The van der Waals surface area contributed by atoms with Crippen LogP contribution in [0.1, 0.15) is 24.1 Å². The fourth-order valence-electron chi connectivity index (χ4n) is 2.88. The minimum absolute atomic E-state index is 0.214. The van der Waals surface area contributed by atoms with E-state index in [4.69, 9.17) is 17.3 Å². The Balaban J connectivity index is 1.83. The molecule has 1 fully saturated rings. The van der Waals surface area contributed by atoms with Gasteiger partial charge in [0.2, 0.25) is 11.2 Å². The lowest BCUT2D eigenvalue weighted by molar-refractivity contribution is -0.119. The molecule has 0 unspecified atom stereocenters. The zero-order valence-electron chi connectivity index (χ0n) is 11.8. The average Bonchev–Trinajstić information content (AvgIpc) is 2.78. The van der Waals surface area contributed by atoms with Gasteiger partial charge in [-0.25, -0.2) is 4.98 Å². The molecule has 0 saturated carbocycles. The number of fused-ring (bicyclic) bond motifs is 1. The number of thiophene rings is 1. The molecule has 0 aromatic carbocycles. The van der Waals surface area contributed by atoms with Gasteiger partial charge in [0.25, 0.3) is 0 Å². The molecule has 0 aliphatic carbocycles. The molecule has 1 saturated heterocycles. The lowest BCUT2D eigenvalue weighted by Crippen LogP contribution is -2.35. The highest BCUT2D eigenvalue weighted by atomic mass is 35.5. The number of aromatic nitrogens is 2. The summed E-state index contributed by atoms with van der Waals surface area (Å²) >= 11 is 7.68. The molecule has 0 radical (unpaired) electrons. The van der Waals surface area contributed by atoms with Crippen LogP contribution in [-0.2, 0) is 4.79 Å². The van der Waals surface area contributed by atoms with Crippen molar-refractivity contribution < 1.29 is 4.79 Å². The molecular formula is C14H17ClN4OS. The molecule has 2 N–H and O–H groups in total. The number of piperidine rings is 1. The second-order valence-corrected chi connectivity index (χ2v) is 7.07. The second-order valence-electron chi connectivity index (χ2n) is 5.49. The summed E-state index contributed by atoms with van der Waals surface area (Å²) in [5.74, 6) is 1.08. The molecule has 0 atom stereocenters. The number of nitrogens with zero attached hydrogens (tertiary/aromatic N) is 3. The molecule has 1 amide bonds. The van der Waals surface area contributed by atoms with Crippen LogP contribution in [-0.4, -0.2) is 29.0 Å². The van der Waals surface area contributed by atoms with E-state index in [1.54, 1.807) is 11.3 Å². The van der Waals surface area contributed by atoms with Gasteiger partial charge in [0.15, 0.2) is 0 Å². The summed E-state index contributed by atoms with van der Waals surface area (Å²) in [5.41, 5.74) is 5.28. The van der Waals surface area contributed by atoms with Crippen molar-refractivity contribution in [2.45, 2.75) is 26.2 Å². The van der Waals surface area contributed by atoms with Gasteiger partial charge in [-0.05, 0) is 43.4 Å². The Morgan fingerprint density at radius 2 is 2.19 bits per heavy atom. The Bertz CT molecular complexity index is 679. The van der Waals surface area contributed by atoms with Crippen LogP contribution < -0.4 is 10.6 Å². The van der Waals surface area contributed by atoms with Gasteiger partial charge in [-0.3, -0.25) is 4.79 Å². The van der Waals surface area contributed by atoms with Crippen LogP contribution in [0.15, 0.2) is 6.07 Å². The first-order chi connectivity index (χ1) is 10.0. The van der Waals surface area contributed by atoms with E-state index >= 15 is 0 Å². The molecule has 1 aliphatic rings. The fraction of sp³-hybridized carbons (Fsp3) is 0.500. The van der Waals surface area contributed by atoms with E-state index in [2.05, 4.69) is 27.9 Å². The minimum atomic E-state index is -0.214. The van der Waals surface area contributed by atoms with Crippen molar-refractivity contribution in [2.24, 2.45) is 11.7 Å². The topological polar surface area (TPSA) is 72.1 Å². The number of nitrogens with two attached hydrogens (primary N) is 1. The summed E-state index contributed by atoms with van der Waals surface area (Å²) < 4.78 is 0. The number of primary amides is 1. The van der Waals surface area contributed by atoms with Gasteiger partial charge in [0.05, 0.1) is 5.39 Å². The summed E-state index contributed by atoms with van der Waals surface area (Å²) in [5, 5.41) is 1.36. The lowest BCUT2D eigenvalue weighted by Gasteiger charge is -2.32. The number of carbonyl (C=O) groups is 1. The van der Waals surface area contributed by atoms with Crippen molar-refractivity contribution in [3.8, 4) is 0 Å². The first kappa shape index (κ1) is 14.5. The van der Waals surface area contributed by atoms with Gasteiger partial charge < -0.3 is 10.6 Å². The van der Waals surface area contributed by atoms with Crippen LogP contribution in [0.4, 0.5) is 5.82 Å². The number of carbonyl (C=O) groups excluding carboxylic acids is 1. The Morgan fingerprint density at radius 1 is 1.48 bits per heavy atom. The Labute approximate surface area is 132 Å². The van der Waals surface area contributed by atoms with Crippen molar-refractivity contribution >= 4 is 44.9 Å². The van der Waals surface area contributed by atoms with E-state index in [9.17, 15) is 4.79 Å². The van der Waals surface area contributed by atoms with Crippen LogP contribution in [0.25, 0.3) is 10.2 Å². The standard InChI is InChI=1S/C14H17ClN4OS/c1-8-6-10-12(17-14(15)18-13(10)21-8)19-4-2-9(3-5-19)7-11(16)20/h6,9H,2-5,7H2,1H3,(H2,16,20). The number of halogens is 1. The smallest absolute Gasteiger partial charge is 0.225 e. The maximum atomic E-state index is 11.0. The molecule has 3 heterocycles. The van der Waals surface area contributed by atoms with Crippen LogP contribution >= 0.6 is 22.9 Å². The van der Waals surface area contributed by atoms with E-state index < -0.39 is 0 Å². The number of aryl methyl sites for hydroxylation is 1. The zero-order valence-corrected chi connectivity index (χ0v) is 13.4. The summed E-state index contributed by atoms with van der Waals surface area (Å²) in [6.07, 6.45) is 2.38. The molecule has 3 rings (SSSR count). The van der Waals surface area contributed by atoms with Crippen molar-refractivity contribution in [1.82, 2.24) is 9.97 Å². The van der Waals surface area contributed by atoms with Crippen molar-refractivity contribution in [2.75, 3.05) is 18.0 Å². The number of amides is 1. The molecule has 0 spiro atoms. The third-order valence-electron chi connectivity index (χ3n) is 3.87. The monoisotopic (exact) mass is 324 g/mol. The van der Waals surface area contributed by atoms with Crippen LogP contribution in [0.5, 0.6) is 0 Å². The molecule has 1 aliphatic heterocycles. The second kappa shape index (κ2) is 5.77. The van der Waals surface area contributed by atoms with Gasteiger partial charge in [-0.2, -0.15) is 4.98 Å². The molecule has 2 aromatic rings. The van der Waals surface area contributed by atoms with E-state index in [0.29, 0.717) is 17.6 Å². The highest BCUT2D eigenvalue weighted by molar-refractivity contribution is 7.18. The summed E-state index contributed by atoms with van der Waals surface area (Å²) in [6, 6.07) is 2.11. The molecule has 2 aromatic heterocycles. The molecule has 7 heteroatoms. The first-order valence-electron chi connectivity index (χ1n) is 7.00. The Morgan fingerprint density at radius 3 is 2.86 bits per heavy atom. The maximum Gasteiger partial charge on any atom is 0.225 e. The number of rotatable bonds is 3. The third kappa shape index (κ3) is 3.11. The van der Waals surface area contributed by atoms with Gasteiger partial charge in [-0.1, -0.05) is 0 Å². The molecular weight excluding hydrogens is 308 g/mol. The summed E-state index contributed by atoms with van der Waals surface area (Å²) in [6.45, 7) is 3.80. The van der Waals surface area contributed by atoms with Gasteiger partial charge in [0, 0.05) is 24.4 Å². The number of anilines is 1. The molecule has 0 bridgehead atoms. The van der Waals surface area contributed by atoms with E-state index in [1.165, 1.54) is 4.88 Å². The van der Waals surface area contributed by atoms with Crippen LogP contribution in [0.3, 0.4) is 0 Å².